The van der Waals surface area contributed by atoms with Crippen LogP contribution >= 0.6 is 0 Å². The van der Waals surface area contributed by atoms with Crippen molar-refractivity contribution in [3.8, 4) is 0 Å². The Balaban J connectivity index is 3.11. The lowest BCUT2D eigenvalue weighted by atomic mass is 10.4. The average Bonchev–Trinajstić information content (AvgIpc) is 2.29. The van der Waals surface area contributed by atoms with E-state index in [0.29, 0.717) is 0 Å². The van der Waals surface area contributed by atoms with Crippen molar-refractivity contribution in [2.24, 2.45) is 12.8 Å². The molecule has 0 bridgehead atoms. The van der Waals surface area contributed by atoms with Crippen LogP contribution in [-0.2, 0) is 19.8 Å². The van der Waals surface area contributed by atoms with Crippen molar-refractivity contribution < 1.29 is 13.2 Å². The SMILES string of the molecule is Cn1c(C(F)(F)F)cnc1CN. The van der Waals surface area contributed by atoms with Crippen LogP contribution < -0.4 is 5.73 Å². The van der Waals surface area contributed by atoms with E-state index in [-0.39, 0.29) is 12.4 Å². The summed E-state index contributed by atoms with van der Waals surface area (Å²) in [5.41, 5.74) is 4.38. The highest BCUT2D eigenvalue weighted by Crippen LogP contribution is 2.28. The molecule has 1 aromatic heterocycles. The number of nitrogens with two attached hydrogens (primary N) is 1. The maximum absolute atomic E-state index is 12.1. The van der Waals surface area contributed by atoms with Crippen LogP contribution in [-0.4, -0.2) is 9.55 Å². The summed E-state index contributed by atoms with van der Waals surface area (Å²) < 4.78 is 37.2. The highest BCUT2D eigenvalue weighted by atomic mass is 19.4. The predicted molar refractivity (Wildman–Crippen MR) is 36.1 cm³/mol. The molecule has 0 aromatic carbocycles. The fraction of sp³-hybridized carbons (Fsp3) is 0.500. The van der Waals surface area contributed by atoms with Gasteiger partial charge in [0, 0.05) is 7.05 Å². The van der Waals surface area contributed by atoms with Crippen molar-refractivity contribution in [1.29, 1.82) is 0 Å². The van der Waals surface area contributed by atoms with Gasteiger partial charge in [0.25, 0.3) is 0 Å². The number of aromatic nitrogens is 2. The minimum atomic E-state index is -4.35. The largest absolute Gasteiger partial charge is 0.432 e. The Hall–Kier alpha value is -1.04. The third-order valence-electron chi connectivity index (χ3n) is 1.56. The second kappa shape index (κ2) is 2.78. The Labute approximate surface area is 67.0 Å². The Kier molecular flexibility index (Phi) is 2.10. The molecule has 12 heavy (non-hydrogen) atoms. The third kappa shape index (κ3) is 1.42. The van der Waals surface area contributed by atoms with Crippen LogP contribution in [0, 0.1) is 0 Å². The van der Waals surface area contributed by atoms with E-state index in [1.54, 1.807) is 0 Å². The van der Waals surface area contributed by atoms with Crippen LogP contribution in [0.15, 0.2) is 6.20 Å². The number of hydrogen-bond donors (Lipinski definition) is 1. The molecule has 0 amide bonds. The number of imidazole rings is 1. The number of alkyl halides is 3. The highest BCUT2D eigenvalue weighted by Gasteiger charge is 2.34. The second-order valence-electron chi connectivity index (χ2n) is 2.32. The Morgan fingerprint density at radius 2 is 2.17 bits per heavy atom. The normalized spacial score (nSPS) is 12.1. The number of hydrogen-bond acceptors (Lipinski definition) is 2. The zero-order valence-electron chi connectivity index (χ0n) is 6.39. The summed E-state index contributed by atoms with van der Waals surface area (Å²) in [7, 11) is 1.29. The molecule has 1 aromatic rings. The number of rotatable bonds is 1. The maximum Gasteiger partial charge on any atom is 0.432 e. The molecule has 0 radical (unpaired) electrons. The van der Waals surface area contributed by atoms with E-state index in [0.717, 1.165) is 10.8 Å². The van der Waals surface area contributed by atoms with Gasteiger partial charge in [-0.3, -0.25) is 0 Å². The molecule has 1 rings (SSSR count). The van der Waals surface area contributed by atoms with Crippen LogP contribution in [0.1, 0.15) is 11.5 Å². The summed E-state index contributed by atoms with van der Waals surface area (Å²) in [6.07, 6.45) is -3.57. The summed E-state index contributed by atoms with van der Waals surface area (Å²) in [6, 6.07) is 0. The fourth-order valence-electron chi connectivity index (χ4n) is 0.901. The minimum Gasteiger partial charge on any atom is -0.327 e. The molecule has 0 unspecified atom stereocenters. The van der Waals surface area contributed by atoms with Gasteiger partial charge in [-0.05, 0) is 0 Å². The van der Waals surface area contributed by atoms with Gasteiger partial charge in [-0.2, -0.15) is 13.2 Å². The average molecular weight is 179 g/mol. The third-order valence-corrected chi connectivity index (χ3v) is 1.56. The standard InChI is InChI=1S/C6H8F3N3/c1-12-4(6(7,8)9)3-11-5(12)2-10/h3H,2,10H2,1H3. The van der Waals surface area contributed by atoms with E-state index in [9.17, 15) is 13.2 Å². The highest BCUT2D eigenvalue weighted by molar-refractivity contribution is 5.08. The molecule has 0 saturated carbocycles. The van der Waals surface area contributed by atoms with Crippen LogP contribution in [0.4, 0.5) is 13.2 Å². The molecule has 0 spiro atoms. The summed E-state index contributed by atoms with van der Waals surface area (Å²) >= 11 is 0. The molecule has 0 aliphatic carbocycles. The smallest absolute Gasteiger partial charge is 0.327 e. The van der Waals surface area contributed by atoms with E-state index >= 15 is 0 Å². The fourth-order valence-corrected chi connectivity index (χ4v) is 0.901. The van der Waals surface area contributed by atoms with Gasteiger partial charge >= 0.3 is 6.18 Å². The van der Waals surface area contributed by atoms with E-state index in [1.165, 1.54) is 7.05 Å². The molecule has 1 heterocycles. The lowest BCUT2D eigenvalue weighted by Crippen LogP contribution is -2.13. The van der Waals surface area contributed by atoms with Gasteiger partial charge in [-0.25, -0.2) is 4.98 Å². The van der Waals surface area contributed by atoms with Gasteiger partial charge in [-0.15, -0.1) is 0 Å². The van der Waals surface area contributed by atoms with Gasteiger partial charge in [0.05, 0.1) is 12.7 Å². The summed E-state index contributed by atoms with van der Waals surface area (Å²) in [5, 5.41) is 0. The van der Waals surface area contributed by atoms with Gasteiger partial charge < -0.3 is 10.3 Å². The van der Waals surface area contributed by atoms with Crippen LogP contribution in [0.25, 0.3) is 0 Å². The quantitative estimate of drug-likeness (QED) is 0.696. The molecule has 2 N–H and O–H groups in total. The lowest BCUT2D eigenvalue weighted by molar-refractivity contribution is -0.143. The van der Waals surface area contributed by atoms with Crippen molar-refractivity contribution in [3.63, 3.8) is 0 Å². The Bertz CT molecular complexity index is 276. The molecule has 0 fully saturated rings. The molecule has 6 heteroatoms. The molecule has 3 nitrogen and oxygen atoms in total. The molecule has 0 aliphatic heterocycles. The number of halogens is 3. The van der Waals surface area contributed by atoms with Crippen LogP contribution in [0.3, 0.4) is 0 Å². The van der Waals surface area contributed by atoms with Crippen LogP contribution in [0.5, 0.6) is 0 Å². The molecular weight excluding hydrogens is 171 g/mol. The van der Waals surface area contributed by atoms with Gasteiger partial charge in [0.1, 0.15) is 11.5 Å². The Morgan fingerprint density at radius 1 is 1.58 bits per heavy atom. The molecule has 0 saturated heterocycles. The van der Waals surface area contributed by atoms with Crippen molar-refractivity contribution >= 4 is 0 Å². The Morgan fingerprint density at radius 3 is 2.42 bits per heavy atom. The molecular formula is C6H8F3N3. The van der Waals surface area contributed by atoms with E-state index in [2.05, 4.69) is 4.98 Å². The van der Waals surface area contributed by atoms with Gasteiger partial charge in [-0.1, -0.05) is 0 Å². The molecule has 0 atom stereocenters. The van der Waals surface area contributed by atoms with Crippen LogP contribution in [0.2, 0.25) is 0 Å². The number of nitrogens with zero attached hydrogens (tertiary/aromatic N) is 2. The zero-order valence-corrected chi connectivity index (χ0v) is 6.39. The lowest BCUT2D eigenvalue weighted by Gasteiger charge is -2.07. The van der Waals surface area contributed by atoms with Crippen molar-refractivity contribution in [2.45, 2.75) is 12.7 Å². The van der Waals surface area contributed by atoms with Gasteiger partial charge in [0.15, 0.2) is 0 Å². The monoisotopic (exact) mass is 179 g/mol. The van der Waals surface area contributed by atoms with Crippen molar-refractivity contribution in [3.05, 3.63) is 17.7 Å². The second-order valence-corrected chi connectivity index (χ2v) is 2.32. The molecule has 68 valence electrons. The first-order valence-corrected chi connectivity index (χ1v) is 3.24. The van der Waals surface area contributed by atoms with E-state index in [1.807, 2.05) is 0 Å². The first-order chi connectivity index (χ1) is 5.46. The van der Waals surface area contributed by atoms with E-state index in [4.69, 9.17) is 5.73 Å². The summed E-state index contributed by atoms with van der Waals surface area (Å²) in [5.74, 6) is 0.224. The minimum absolute atomic E-state index is 0.00653. The van der Waals surface area contributed by atoms with Crippen molar-refractivity contribution in [1.82, 2.24) is 9.55 Å². The first kappa shape index (κ1) is 9.05. The van der Waals surface area contributed by atoms with Gasteiger partial charge in [0.2, 0.25) is 0 Å². The summed E-state index contributed by atoms with van der Waals surface area (Å²) in [4.78, 5) is 3.52. The maximum atomic E-state index is 12.1. The molecule has 0 aliphatic rings. The zero-order chi connectivity index (χ0) is 9.35. The van der Waals surface area contributed by atoms with E-state index < -0.39 is 11.9 Å². The topological polar surface area (TPSA) is 43.8 Å². The summed E-state index contributed by atoms with van der Waals surface area (Å²) in [6.45, 7) is 0.00653. The first-order valence-electron chi connectivity index (χ1n) is 3.24. The predicted octanol–water partition coefficient (Wildman–Crippen LogP) is 0.898. The van der Waals surface area contributed by atoms with Crippen molar-refractivity contribution in [2.75, 3.05) is 0 Å².